The summed E-state index contributed by atoms with van der Waals surface area (Å²) in [6.07, 6.45) is 19.0. The van der Waals surface area contributed by atoms with E-state index in [1.165, 1.54) is 6.08 Å². The molecular weight excluding hydrogens is 240 g/mol. The van der Waals surface area contributed by atoms with E-state index in [9.17, 15) is 10.1 Å². The van der Waals surface area contributed by atoms with Crippen LogP contribution >= 0.6 is 0 Å². The molecule has 0 atom stereocenters. The molecule has 0 bridgehead atoms. The number of nitro groups is 1. The van der Waals surface area contributed by atoms with Gasteiger partial charge >= 0.3 is 0 Å². The van der Waals surface area contributed by atoms with Crippen LogP contribution in [0.2, 0.25) is 0 Å². The van der Waals surface area contributed by atoms with Crippen molar-refractivity contribution in [2.75, 3.05) is 0 Å². The van der Waals surface area contributed by atoms with Crippen LogP contribution in [0, 0.1) is 10.1 Å². The molecule has 0 saturated heterocycles. The molecule has 0 spiro atoms. The van der Waals surface area contributed by atoms with Crippen LogP contribution in [-0.2, 0) is 0 Å². The van der Waals surface area contributed by atoms with E-state index < -0.39 is 4.92 Å². The minimum absolute atomic E-state index is 0.116. The molecule has 2 rings (SSSR count). The molecule has 0 heterocycles. The Balaban J connectivity index is 2.16. The Labute approximate surface area is 111 Å². The summed E-state index contributed by atoms with van der Waals surface area (Å²) in [5, 5.41) is 10.6. The molecule has 2 aliphatic carbocycles. The molecule has 2 aliphatic rings. The molecule has 2 N–H and O–H groups in total. The fourth-order valence-electron chi connectivity index (χ4n) is 1.70. The lowest BCUT2D eigenvalue weighted by molar-refractivity contribution is -0.418. The first-order valence-corrected chi connectivity index (χ1v) is 5.90. The van der Waals surface area contributed by atoms with E-state index in [0.29, 0.717) is 5.70 Å². The highest BCUT2D eigenvalue weighted by atomic mass is 16.6. The molecule has 0 unspecified atom stereocenters. The average molecular weight is 254 g/mol. The van der Waals surface area contributed by atoms with Crippen molar-refractivity contribution in [1.29, 1.82) is 0 Å². The fraction of sp³-hybridized carbons (Fsp3) is 0.0667. The highest BCUT2D eigenvalue weighted by Gasteiger charge is 2.11. The SMILES string of the molecule is NC1=C/C=C\CC(=C\C=C2\C=CC([N+](=O)[O-])=C2)/C=C\1. The minimum Gasteiger partial charge on any atom is -0.399 e. The summed E-state index contributed by atoms with van der Waals surface area (Å²) >= 11 is 0. The predicted molar refractivity (Wildman–Crippen MR) is 75.6 cm³/mol. The maximum Gasteiger partial charge on any atom is 0.270 e. The zero-order valence-electron chi connectivity index (χ0n) is 10.3. The number of nitrogens with two attached hydrogens (primary N) is 1. The summed E-state index contributed by atoms with van der Waals surface area (Å²) in [6.45, 7) is 0. The van der Waals surface area contributed by atoms with E-state index in [0.717, 1.165) is 17.6 Å². The van der Waals surface area contributed by atoms with Crippen molar-refractivity contribution in [2.24, 2.45) is 5.73 Å². The Morgan fingerprint density at radius 2 is 2.05 bits per heavy atom. The third-order valence-electron chi connectivity index (χ3n) is 2.73. The molecule has 4 heteroatoms. The molecule has 0 aromatic carbocycles. The number of hydrogen-bond acceptors (Lipinski definition) is 3. The van der Waals surface area contributed by atoms with Gasteiger partial charge in [0.15, 0.2) is 0 Å². The summed E-state index contributed by atoms with van der Waals surface area (Å²) in [6, 6.07) is 0. The summed E-state index contributed by atoms with van der Waals surface area (Å²) in [5.74, 6) is 0. The molecule has 0 aliphatic heterocycles. The lowest BCUT2D eigenvalue weighted by Gasteiger charge is -2.00. The van der Waals surface area contributed by atoms with Gasteiger partial charge in [0.25, 0.3) is 5.70 Å². The van der Waals surface area contributed by atoms with E-state index in [4.69, 9.17) is 5.73 Å². The monoisotopic (exact) mass is 254 g/mol. The zero-order valence-corrected chi connectivity index (χ0v) is 10.3. The van der Waals surface area contributed by atoms with Gasteiger partial charge in [0, 0.05) is 17.8 Å². The summed E-state index contributed by atoms with van der Waals surface area (Å²) in [4.78, 5) is 10.2. The molecule has 0 amide bonds. The first-order chi connectivity index (χ1) is 9.15. The molecule has 0 aromatic heterocycles. The van der Waals surface area contributed by atoms with E-state index in [2.05, 4.69) is 0 Å². The van der Waals surface area contributed by atoms with Gasteiger partial charge in [-0.1, -0.05) is 30.4 Å². The van der Waals surface area contributed by atoms with Crippen molar-refractivity contribution < 1.29 is 4.92 Å². The van der Waals surface area contributed by atoms with Crippen molar-refractivity contribution in [2.45, 2.75) is 6.42 Å². The van der Waals surface area contributed by atoms with Gasteiger partial charge in [-0.15, -0.1) is 0 Å². The second-order valence-electron chi connectivity index (χ2n) is 4.20. The third kappa shape index (κ3) is 3.67. The van der Waals surface area contributed by atoms with Crippen LogP contribution in [0.4, 0.5) is 0 Å². The highest BCUT2D eigenvalue weighted by Crippen LogP contribution is 2.17. The Bertz CT molecular complexity index is 600. The van der Waals surface area contributed by atoms with Gasteiger partial charge in [-0.25, -0.2) is 0 Å². The molecule has 4 nitrogen and oxygen atoms in total. The Hall–Kier alpha value is -2.62. The van der Waals surface area contributed by atoms with Crippen molar-refractivity contribution >= 4 is 0 Å². The molecule has 96 valence electrons. The van der Waals surface area contributed by atoms with Crippen LogP contribution in [0.1, 0.15) is 6.42 Å². The Kier molecular flexibility index (Phi) is 3.93. The van der Waals surface area contributed by atoms with E-state index in [1.807, 2.05) is 42.5 Å². The average Bonchev–Trinajstić information content (AvgIpc) is 2.82. The molecular formula is C15H14N2O2. The summed E-state index contributed by atoms with van der Waals surface area (Å²) < 4.78 is 0. The standard InChI is InChI=1S/C15H14N2O2/c16-14-4-2-1-3-12(7-9-14)5-6-13-8-10-15(11-13)17(18)19/h1-2,4-11H,3,16H2/b2-1-,9-7-,12-5+,13-6-,14-4+. The first-order valence-electron chi connectivity index (χ1n) is 5.90. The van der Waals surface area contributed by atoms with Crippen LogP contribution in [0.3, 0.4) is 0 Å². The van der Waals surface area contributed by atoms with Crippen molar-refractivity contribution in [1.82, 2.24) is 0 Å². The number of nitrogens with zero attached hydrogens (tertiary/aromatic N) is 1. The van der Waals surface area contributed by atoms with E-state index in [-0.39, 0.29) is 5.70 Å². The summed E-state index contributed by atoms with van der Waals surface area (Å²) in [7, 11) is 0. The van der Waals surface area contributed by atoms with E-state index >= 15 is 0 Å². The lowest BCUT2D eigenvalue weighted by Crippen LogP contribution is -1.93. The normalized spacial score (nSPS) is 28.4. The maximum absolute atomic E-state index is 10.6. The largest absolute Gasteiger partial charge is 0.399 e. The van der Waals surface area contributed by atoms with Gasteiger partial charge in [0.1, 0.15) is 0 Å². The van der Waals surface area contributed by atoms with Crippen LogP contribution in [0.25, 0.3) is 0 Å². The van der Waals surface area contributed by atoms with Gasteiger partial charge in [0.2, 0.25) is 0 Å². The first kappa shape index (κ1) is 12.8. The molecule has 0 fully saturated rings. The lowest BCUT2D eigenvalue weighted by atomic mass is 10.1. The van der Waals surface area contributed by atoms with Crippen LogP contribution < -0.4 is 5.73 Å². The van der Waals surface area contributed by atoms with Gasteiger partial charge in [-0.05, 0) is 35.8 Å². The smallest absolute Gasteiger partial charge is 0.270 e. The van der Waals surface area contributed by atoms with Gasteiger partial charge in [-0.2, -0.15) is 0 Å². The molecule has 0 radical (unpaired) electrons. The van der Waals surface area contributed by atoms with Crippen LogP contribution in [0.5, 0.6) is 0 Å². The van der Waals surface area contributed by atoms with Crippen molar-refractivity contribution in [3.63, 3.8) is 0 Å². The Morgan fingerprint density at radius 3 is 2.79 bits per heavy atom. The fourth-order valence-corrected chi connectivity index (χ4v) is 1.70. The third-order valence-corrected chi connectivity index (χ3v) is 2.73. The number of hydrogen-bond donors (Lipinski definition) is 1. The minimum atomic E-state index is -0.394. The van der Waals surface area contributed by atoms with Crippen LogP contribution in [-0.4, -0.2) is 4.92 Å². The molecule has 0 aromatic rings. The van der Waals surface area contributed by atoms with Crippen LogP contribution in [0.15, 0.2) is 83.3 Å². The second-order valence-corrected chi connectivity index (χ2v) is 4.20. The summed E-state index contributed by atoms with van der Waals surface area (Å²) in [5.41, 5.74) is 8.45. The maximum atomic E-state index is 10.6. The highest BCUT2D eigenvalue weighted by molar-refractivity contribution is 5.46. The van der Waals surface area contributed by atoms with Gasteiger partial charge in [-0.3, -0.25) is 10.1 Å². The van der Waals surface area contributed by atoms with Crippen molar-refractivity contribution in [3.05, 3.63) is 93.4 Å². The zero-order chi connectivity index (χ0) is 13.7. The van der Waals surface area contributed by atoms with Crippen molar-refractivity contribution in [3.8, 4) is 0 Å². The van der Waals surface area contributed by atoms with Gasteiger partial charge in [0.05, 0.1) is 4.92 Å². The molecule has 19 heavy (non-hydrogen) atoms. The second kappa shape index (κ2) is 5.82. The number of allylic oxidation sites excluding steroid dienone is 12. The van der Waals surface area contributed by atoms with Gasteiger partial charge < -0.3 is 5.73 Å². The predicted octanol–water partition coefficient (Wildman–Crippen LogP) is 2.93. The number of rotatable bonds is 2. The quantitative estimate of drug-likeness (QED) is 0.608. The van der Waals surface area contributed by atoms with E-state index in [1.54, 1.807) is 12.2 Å². The molecule has 0 saturated carbocycles. The topological polar surface area (TPSA) is 69.2 Å². The Morgan fingerprint density at radius 1 is 1.21 bits per heavy atom.